The summed E-state index contributed by atoms with van der Waals surface area (Å²) in [4.78, 5) is 0. The number of nitrogens with zero attached hydrogens (tertiary/aromatic N) is 4. The molecule has 0 saturated heterocycles. The van der Waals surface area contributed by atoms with Gasteiger partial charge in [-0.1, -0.05) is 12.8 Å². The maximum Gasteiger partial charge on any atom is 0.129 e. The lowest BCUT2D eigenvalue weighted by atomic mass is 9.90. The van der Waals surface area contributed by atoms with E-state index in [4.69, 9.17) is 0 Å². The molecule has 2 fully saturated rings. The number of thioether (sulfide) groups is 1. The third-order valence-corrected chi connectivity index (χ3v) is 6.22. The van der Waals surface area contributed by atoms with Crippen molar-refractivity contribution in [1.29, 1.82) is 21.0 Å². The predicted molar refractivity (Wildman–Crippen MR) is 88.6 cm³/mol. The van der Waals surface area contributed by atoms with E-state index >= 15 is 0 Å². The van der Waals surface area contributed by atoms with Crippen LogP contribution in [0, 0.1) is 45.3 Å². The lowest BCUT2D eigenvalue weighted by Gasteiger charge is -2.32. The van der Waals surface area contributed by atoms with Gasteiger partial charge in [0.05, 0.1) is 0 Å². The Labute approximate surface area is 141 Å². The van der Waals surface area contributed by atoms with Crippen LogP contribution in [0.4, 0.5) is 0 Å². The molecule has 0 unspecified atom stereocenters. The van der Waals surface area contributed by atoms with Crippen molar-refractivity contribution in [2.45, 2.75) is 61.9 Å². The largest absolute Gasteiger partial charge is 0.192 e. The minimum atomic E-state index is 0.162. The number of rotatable bonds is 2. The van der Waals surface area contributed by atoms with Gasteiger partial charge in [0.15, 0.2) is 0 Å². The van der Waals surface area contributed by atoms with Gasteiger partial charge < -0.3 is 0 Å². The van der Waals surface area contributed by atoms with Crippen molar-refractivity contribution in [3.63, 3.8) is 0 Å². The molecular formula is C18H18N4S. The van der Waals surface area contributed by atoms with Crippen LogP contribution < -0.4 is 0 Å². The highest BCUT2D eigenvalue weighted by atomic mass is 32.2. The monoisotopic (exact) mass is 322 g/mol. The van der Waals surface area contributed by atoms with Crippen LogP contribution in [-0.2, 0) is 0 Å². The van der Waals surface area contributed by atoms with E-state index in [1.807, 2.05) is 24.3 Å². The summed E-state index contributed by atoms with van der Waals surface area (Å²) in [5.41, 5.74) is 2.44. The highest BCUT2D eigenvalue weighted by Gasteiger charge is 2.30. The van der Waals surface area contributed by atoms with Crippen molar-refractivity contribution in [1.82, 2.24) is 0 Å². The standard InChI is InChI=1S/C18H18N4S/c19-9-13(10-20)15-5-1-3-7-17(15)23-18-8-4-2-6-16(18)14(11-21)12-22/h17-18H,1-8H2/t17-,18+. The maximum atomic E-state index is 9.18. The SMILES string of the molecule is N#CC(C#N)=C1CCCC[C@@H]1S[C@@H]1CCCCC1=C(C#N)C#N. The summed E-state index contributed by atoms with van der Waals surface area (Å²) >= 11 is 1.76. The second-order valence-corrected chi connectivity index (χ2v) is 7.26. The first-order chi connectivity index (χ1) is 11.2. The zero-order chi connectivity index (χ0) is 16.7. The Kier molecular flexibility index (Phi) is 6.29. The van der Waals surface area contributed by atoms with Crippen LogP contribution in [0.5, 0.6) is 0 Å². The normalized spacial score (nSPS) is 23.8. The summed E-state index contributed by atoms with van der Waals surface area (Å²) in [6, 6.07) is 8.13. The second-order valence-electron chi connectivity index (χ2n) is 5.85. The maximum absolute atomic E-state index is 9.18. The molecular weight excluding hydrogens is 304 g/mol. The van der Waals surface area contributed by atoms with E-state index in [0.717, 1.165) is 62.5 Å². The molecule has 2 aliphatic rings. The average molecular weight is 322 g/mol. The molecule has 0 spiro atoms. The van der Waals surface area contributed by atoms with Gasteiger partial charge in [-0.2, -0.15) is 21.0 Å². The molecule has 116 valence electrons. The van der Waals surface area contributed by atoms with Gasteiger partial charge in [-0.3, -0.25) is 0 Å². The first kappa shape index (κ1) is 17.1. The van der Waals surface area contributed by atoms with Crippen molar-refractivity contribution in [3.8, 4) is 24.3 Å². The van der Waals surface area contributed by atoms with Crippen LogP contribution in [0.3, 0.4) is 0 Å². The highest BCUT2D eigenvalue weighted by Crippen LogP contribution is 2.43. The Morgan fingerprint density at radius 1 is 0.696 bits per heavy atom. The number of hydrogen-bond acceptors (Lipinski definition) is 5. The Hall–Kier alpha value is -2.21. The fourth-order valence-corrected chi connectivity index (χ4v) is 5.17. The topological polar surface area (TPSA) is 95.2 Å². The summed E-state index contributed by atoms with van der Waals surface area (Å²) in [6.07, 6.45) is 7.78. The van der Waals surface area contributed by atoms with Gasteiger partial charge in [-0.15, -0.1) is 11.8 Å². The molecule has 0 heterocycles. The van der Waals surface area contributed by atoms with E-state index < -0.39 is 0 Å². The molecule has 2 rings (SSSR count). The van der Waals surface area contributed by atoms with E-state index in [0.29, 0.717) is 0 Å². The van der Waals surface area contributed by atoms with Crippen LogP contribution in [0.1, 0.15) is 51.4 Å². The van der Waals surface area contributed by atoms with Gasteiger partial charge in [0.25, 0.3) is 0 Å². The molecule has 0 amide bonds. The zero-order valence-electron chi connectivity index (χ0n) is 13.0. The van der Waals surface area contributed by atoms with Crippen molar-refractivity contribution in [3.05, 3.63) is 22.3 Å². The summed E-state index contributed by atoms with van der Waals surface area (Å²) in [7, 11) is 0. The third-order valence-electron chi connectivity index (χ3n) is 4.52. The molecule has 0 aliphatic heterocycles. The molecule has 0 aromatic rings. The number of hydrogen-bond donors (Lipinski definition) is 0. The summed E-state index contributed by atoms with van der Waals surface area (Å²) in [6.45, 7) is 0. The van der Waals surface area contributed by atoms with Crippen molar-refractivity contribution in [2.24, 2.45) is 0 Å². The summed E-state index contributed by atoms with van der Waals surface area (Å²) in [5, 5.41) is 37.1. The van der Waals surface area contributed by atoms with Crippen LogP contribution in [-0.4, -0.2) is 10.5 Å². The average Bonchev–Trinajstić information content (AvgIpc) is 2.60. The minimum absolute atomic E-state index is 0.162. The van der Waals surface area contributed by atoms with Crippen LogP contribution >= 0.6 is 11.8 Å². The molecule has 2 atom stereocenters. The van der Waals surface area contributed by atoms with E-state index in [1.165, 1.54) is 0 Å². The molecule has 0 aromatic carbocycles. The first-order valence-corrected chi connectivity index (χ1v) is 8.91. The lowest BCUT2D eigenvalue weighted by Crippen LogP contribution is -2.22. The van der Waals surface area contributed by atoms with Gasteiger partial charge in [0, 0.05) is 10.5 Å². The van der Waals surface area contributed by atoms with Gasteiger partial charge in [-0.25, -0.2) is 0 Å². The Balaban J connectivity index is 2.29. The molecule has 0 aromatic heterocycles. The van der Waals surface area contributed by atoms with Gasteiger partial charge >= 0.3 is 0 Å². The quantitative estimate of drug-likeness (QED) is 0.706. The van der Waals surface area contributed by atoms with Gasteiger partial charge in [-0.05, 0) is 49.7 Å². The fourth-order valence-electron chi connectivity index (χ4n) is 3.37. The zero-order valence-corrected chi connectivity index (χ0v) is 13.8. The van der Waals surface area contributed by atoms with Crippen molar-refractivity contribution in [2.75, 3.05) is 0 Å². The van der Waals surface area contributed by atoms with Crippen molar-refractivity contribution >= 4 is 11.8 Å². The first-order valence-electron chi connectivity index (χ1n) is 7.97. The number of allylic oxidation sites excluding steroid dienone is 2. The Morgan fingerprint density at radius 3 is 1.43 bits per heavy atom. The van der Waals surface area contributed by atoms with E-state index in [-0.39, 0.29) is 21.6 Å². The second kappa shape index (κ2) is 8.43. The molecule has 2 aliphatic carbocycles. The fraction of sp³-hybridized carbons (Fsp3) is 0.556. The summed E-state index contributed by atoms with van der Waals surface area (Å²) < 4.78 is 0. The third kappa shape index (κ3) is 3.96. The van der Waals surface area contributed by atoms with Gasteiger partial charge in [0.2, 0.25) is 0 Å². The molecule has 0 bridgehead atoms. The smallest absolute Gasteiger partial charge is 0.129 e. The molecule has 5 heteroatoms. The summed E-state index contributed by atoms with van der Waals surface area (Å²) in [5.74, 6) is 0. The van der Waals surface area contributed by atoms with E-state index in [9.17, 15) is 21.0 Å². The Bertz CT molecular complexity index is 598. The van der Waals surface area contributed by atoms with E-state index in [1.54, 1.807) is 11.8 Å². The van der Waals surface area contributed by atoms with Gasteiger partial charge in [0.1, 0.15) is 35.4 Å². The lowest BCUT2D eigenvalue weighted by molar-refractivity contribution is 0.588. The van der Waals surface area contributed by atoms with Crippen LogP contribution in [0.25, 0.3) is 0 Å². The molecule has 2 saturated carbocycles. The molecule has 0 N–H and O–H groups in total. The minimum Gasteiger partial charge on any atom is -0.192 e. The molecule has 23 heavy (non-hydrogen) atoms. The predicted octanol–water partition coefficient (Wildman–Crippen LogP) is 4.29. The number of nitriles is 4. The van der Waals surface area contributed by atoms with E-state index in [2.05, 4.69) is 0 Å². The Morgan fingerprint density at radius 2 is 1.09 bits per heavy atom. The van der Waals surface area contributed by atoms with Crippen LogP contribution in [0.2, 0.25) is 0 Å². The van der Waals surface area contributed by atoms with Crippen LogP contribution in [0.15, 0.2) is 22.3 Å². The van der Waals surface area contributed by atoms with Crippen molar-refractivity contribution < 1.29 is 0 Å². The molecule has 0 radical (unpaired) electrons. The molecule has 4 nitrogen and oxygen atoms in total. The highest BCUT2D eigenvalue weighted by molar-refractivity contribution is 8.00.